The molecule has 3 aromatic heterocycles. The second-order valence-corrected chi connectivity index (χ2v) is 5.65. The van der Waals surface area contributed by atoms with Gasteiger partial charge >= 0.3 is 0 Å². The van der Waals surface area contributed by atoms with Crippen molar-refractivity contribution in [1.29, 1.82) is 0 Å². The van der Waals surface area contributed by atoms with E-state index in [-0.39, 0.29) is 0 Å². The van der Waals surface area contributed by atoms with Gasteiger partial charge in [0.2, 0.25) is 5.95 Å². The molecule has 6 nitrogen and oxygen atoms in total. The zero-order valence-electron chi connectivity index (χ0n) is 14.4. The third kappa shape index (κ3) is 3.81. The number of anilines is 1. The quantitative estimate of drug-likeness (QED) is 0.668. The van der Waals surface area contributed by atoms with Gasteiger partial charge < -0.3 is 9.88 Å². The fraction of sp³-hybridized carbons (Fsp3) is 0.333. The predicted molar refractivity (Wildman–Crippen MR) is 94.7 cm³/mol. The van der Waals surface area contributed by atoms with E-state index in [9.17, 15) is 4.39 Å². The fourth-order valence-corrected chi connectivity index (χ4v) is 2.78. The molecule has 25 heavy (non-hydrogen) atoms. The van der Waals surface area contributed by atoms with Crippen molar-refractivity contribution in [3.05, 3.63) is 54.1 Å². The van der Waals surface area contributed by atoms with Gasteiger partial charge in [0, 0.05) is 24.5 Å². The molecule has 3 heterocycles. The number of halogens is 1. The minimum atomic E-state index is -0.518. The maximum atomic E-state index is 13.4. The Morgan fingerprint density at radius 1 is 1.16 bits per heavy atom. The van der Waals surface area contributed by atoms with E-state index in [1.165, 1.54) is 6.07 Å². The average Bonchev–Trinajstić information content (AvgIpc) is 3.06. The summed E-state index contributed by atoms with van der Waals surface area (Å²) in [7, 11) is 0. The van der Waals surface area contributed by atoms with Crippen LogP contribution in [0.5, 0.6) is 0 Å². The molecule has 0 spiro atoms. The van der Waals surface area contributed by atoms with Gasteiger partial charge in [-0.15, -0.1) is 0 Å². The number of nitrogens with zero attached hydrogens (tertiary/aromatic N) is 5. The van der Waals surface area contributed by atoms with Gasteiger partial charge in [-0.3, -0.25) is 0 Å². The Labute approximate surface area is 146 Å². The Bertz CT molecular complexity index is 845. The molecule has 0 amide bonds. The molecule has 3 rings (SSSR count). The van der Waals surface area contributed by atoms with Crippen LogP contribution >= 0.6 is 0 Å². The van der Waals surface area contributed by atoms with E-state index in [0.717, 1.165) is 36.5 Å². The first-order valence-electron chi connectivity index (χ1n) is 8.43. The van der Waals surface area contributed by atoms with Crippen LogP contribution in [0.4, 0.5) is 10.2 Å². The zero-order chi connectivity index (χ0) is 17.6. The maximum Gasteiger partial charge on any atom is 0.213 e. The Balaban J connectivity index is 1.96. The third-order valence-electron chi connectivity index (χ3n) is 3.86. The summed E-state index contributed by atoms with van der Waals surface area (Å²) >= 11 is 0. The zero-order valence-corrected chi connectivity index (χ0v) is 14.4. The van der Waals surface area contributed by atoms with Crippen LogP contribution in [0, 0.1) is 5.95 Å². The SMILES string of the molecule is CCCc1c(Cn2ccnc2-c2cccc(F)n2)ncnc1NCC. The van der Waals surface area contributed by atoms with Crippen LogP contribution in [-0.2, 0) is 13.0 Å². The van der Waals surface area contributed by atoms with Gasteiger partial charge in [0.1, 0.15) is 17.8 Å². The van der Waals surface area contributed by atoms with Crippen LogP contribution in [-0.4, -0.2) is 31.0 Å². The smallest absolute Gasteiger partial charge is 0.213 e. The third-order valence-corrected chi connectivity index (χ3v) is 3.86. The second-order valence-electron chi connectivity index (χ2n) is 5.65. The Hall–Kier alpha value is -2.83. The van der Waals surface area contributed by atoms with Crippen molar-refractivity contribution >= 4 is 5.82 Å². The normalized spacial score (nSPS) is 10.8. The number of aromatic nitrogens is 5. The molecule has 0 saturated carbocycles. The van der Waals surface area contributed by atoms with E-state index in [0.29, 0.717) is 18.1 Å². The minimum absolute atomic E-state index is 0.503. The summed E-state index contributed by atoms with van der Waals surface area (Å²) in [4.78, 5) is 17.1. The molecule has 0 unspecified atom stereocenters. The van der Waals surface area contributed by atoms with Crippen molar-refractivity contribution < 1.29 is 4.39 Å². The van der Waals surface area contributed by atoms with E-state index in [2.05, 4.69) is 32.2 Å². The molecule has 0 fully saturated rings. The molecule has 0 aliphatic carbocycles. The summed E-state index contributed by atoms with van der Waals surface area (Å²) in [6.07, 6.45) is 7.01. The van der Waals surface area contributed by atoms with Crippen LogP contribution in [0.1, 0.15) is 31.5 Å². The van der Waals surface area contributed by atoms with Crippen molar-refractivity contribution in [2.45, 2.75) is 33.2 Å². The van der Waals surface area contributed by atoms with Gasteiger partial charge in [0.05, 0.1) is 12.2 Å². The first-order valence-corrected chi connectivity index (χ1v) is 8.43. The topological polar surface area (TPSA) is 68.5 Å². The Morgan fingerprint density at radius 3 is 2.80 bits per heavy atom. The van der Waals surface area contributed by atoms with Crippen molar-refractivity contribution in [2.75, 3.05) is 11.9 Å². The molecular formula is C18H21FN6. The molecule has 0 atom stereocenters. The van der Waals surface area contributed by atoms with Gasteiger partial charge in [0.25, 0.3) is 0 Å². The summed E-state index contributed by atoms with van der Waals surface area (Å²) in [5, 5.41) is 3.30. The Morgan fingerprint density at radius 2 is 2.04 bits per heavy atom. The van der Waals surface area contributed by atoms with Crippen LogP contribution in [0.2, 0.25) is 0 Å². The highest BCUT2D eigenvalue weighted by Gasteiger charge is 2.14. The highest BCUT2D eigenvalue weighted by atomic mass is 19.1. The van der Waals surface area contributed by atoms with Crippen molar-refractivity contribution in [3.63, 3.8) is 0 Å². The lowest BCUT2D eigenvalue weighted by atomic mass is 10.1. The van der Waals surface area contributed by atoms with E-state index in [4.69, 9.17) is 0 Å². The van der Waals surface area contributed by atoms with Crippen molar-refractivity contribution in [1.82, 2.24) is 24.5 Å². The van der Waals surface area contributed by atoms with Crippen LogP contribution in [0.3, 0.4) is 0 Å². The first kappa shape index (κ1) is 17.0. The van der Waals surface area contributed by atoms with E-state index < -0.39 is 5.95 Å². The van der Waals surface area contributed by atoms with E-state index >= 15 is 0 Å². The second kappa shape index (κ2) is 7.83. The van der Waals surface area contributed by atoms with Gasteiger partial charge in [-0.05, 0) is 25.5 Å². The number of imidazole rings is 1. The standard InChI is InChI=1S/C18H21FN6/c1-3-6-13-15(22-12-23-17(13)20-4-2)11-25-10-9-21-18(25)14-7-5-8-16(19)24-14/h5,7-10,12H,3-4,6,11H2,1-2H3,(H,20,22,23). The molecule has 7 heteroatoms. The molecular weight excluding hydrogens is 319 g/mol. The van der Waals surface area contributed by atoms with E-state index in [1.54, 1.807) is 24.7 Å². The van der Waals surface area contributed by atoms with Crippen molar-refractivity contribution in [2.24, 2.45) is 0 Å². The monoisotopic (exact) mass is 340 g/mol. The molecule has 1 N–H and O–H groups in total. The molecule has 0 aliphatic heterocycles. The summed E-state index contributed by atoms with van der Waals surface area (Å²) in [5.74, 6) is 0.973. The fourth-order valence-electron chi connectivity index (χ4n) is 2.78. The molecule has 3 aromatic rings. The lowest BCUT2D eigenvalue weighted by Crippen LogP contribution is -2.11. The average molecular weight is 340 g/mol. The number of pyridine rings is 1. The minimum Gasteiger partial charge on any atom is -0.370 e. The van der Waals surface area contributed by atoms with Gasteiger partial charge in [-0.1, -0.05) is 19.4 Å². The maximum absolute atomic E-state index is 13.4. The van der Waals surface area contributed by atoms with Gasteiger partial charge in [-0.25, -0.2) is 19.9 Å². The number of nitrogens with one attached hydrogen (secondary N) is 1. The highest BCUT2D eigenvalue weighted by Crippen LogP contribution is 2.21. The molecule has 0 aliphatic rings. The molecule has 0 saturated heterocycles. The first-order chi connectivity index (χ1) is 12.2. The summed E-state index contributed by atoms with van der Waals surface area (Å²) in [6, 6.07) is 4.70. The largest absolute Gasteiger partial charge is 0.370 e. The molecule has 130 valence electrons. The van der Waals surface area contributed by atoms with E-state index in [1.807, 2.05) is 17.7 Å². The predicted octanol–water partition coefficient (Wildman–Crippen LogP) is 3.31. The molecule has 0 bridgehead atoms. The van der Waals surface area contributed by atoms with Crippen LogP contribution in [0.15, 0.2) is 36.9 Å². The van der Waals surface area contributed by atoms with Gasteiger partial charge in [-0.2, -0.15) is 4.39 Å². The lowest BCUT2D eigenvalue weighted by Gasteiger charge is -2.14. The lowest BCUT2D eigenvalue weighted by molar-refractivity contribution is 0.584. The molecule has 0 radical (unpaired) electrons. The van der Waals surface area contributed by atoms with Crippen LogP contribution < -0.4 is 5.32 Å². The molecule has 0 aromatic carbocycles. The summed E-state index contributed by atoms with van der Waals surface area (Å²) < 4.78 is 15.4. The van der Waals surface area contributed by atoms with Gasteiger partial charge in [0.15, 0.2) is 5.82 Å². The van der Waals surface area contributed by atoms with Crippen molar-refractivity contribution in [3.8, 4) is 11.5 Å². The number of hydrogen-bond acceptors (Lipinski definition) is 5. The number of rotatable bonds is 7. The van der Waals surface area contributed by atoms with Crippen LogP contribution in [0.25, 0.3) is 11.5 Å². The summed E-state index contributed by atoms with van der Waals surface area (Å²) in [6.45, 7) is 5.51. The number of hydrogen-bond donors (Lipinski definition) is 1. The summed E-state index contributed by atoms with van der Waals surface area (Å²) in [5.41, 5.74) is 2.55. The Kier molecular flexibility index (Phi) is 5.33. The highest BCUT2D eigenvalue weighted by molar-refractivity contribution is 5.50.